The van der Waals surface area contributed by atoms with Gasteiger partial charge in [-0.05, 0) is 18.9 Å². The Morgan fingerprint density at radius 1 is 1.42 bits per heavy atom. The first-order valence-corrected chi connectivity index (χ1v) is 8.10. The van der Waals surface area contributed by atoms with E-state index in [1.807, 2.05) is 17.9 Å². The van der Waals surface area contributed by atoms with Crippen LogP contribution in [0, 0.1) is 0 Å². The molecule has 1 aliphatic rings. The van der Waals surface area contributed by atoms with Gasteiger partial charge in [0, 0.05) is 38.8 Å². The second-order valence-electron chi connectivity index (χ2n) is 5.77. The van der Waals surface area contributed by atoms with Gasteiger partial charge in [-0.25, -0.2) is 4.98 Å². The molecule has 1 fully saturated rings. The van der Waals surface area contributed by atoms with Crippen molar-refractivity contribution in [3.8, 4) is 0 Å². The zero-order valence-electron chi connectivity index (χ0n) is 14.2. The summed E-state index contributed by atoms with van der Waals surface area (Å²) in [6.45, 7) is 6.42. The predicted octanol–water partition coefficient (Wildman–Crippen LogP) is 1.08. The van der Waals surface area contributed by atoms with E-state index in [0.29, 0.717) is 12.5 Å². The molecule has 3 heterocycles. The van der Waals surface area contributed by atoms with E-state index in [4.69, 9.17) is 4.99 Å². The van der Waals surface area contributed by atoms with Crippen LogP contribution in [0.25, 0.3) is 0 Å². The molecule has 2 aromatic heterocycles. The van der Waals surface area contributed by atoms with Gasteiger partial charge in [0.05, 0.1) is 19.3 Å². The first kappa shape index (κ1) is 18.7. The fourth-order valence-electron chi connectivity index (χ4n) is 2.91. The number of rotatable bonds is 5. The number of guanidine groups is 1. The Kier molecular flexibility index (Phi) is 7.00. The van der Waals surface area contributed by atoms with Crippen LogP contribution in [0.15, 0.2) is 30.0 Å². The summed E-state index contributed by atoms with van der Waals surface area (Å²) in [5.74, 6) is 1.52. The summed E-state index contributed by atoms with van der Waals surface area (Å²) in [5, 5.41) is 11.8. The number of aromatic nitrogens is 5. The second-order valence-corrected chi connectivity index (χ2v) is 5.77. The SMILES string of the molecule is CCNC(=NCCn1cncn1)N1CCC(c2cnn(C)c2)C1.I. The lowest BCUT2D eigenvalue weighted by molar-refractivity contribution is 0.483. The van der Waals surface area contributed by atoms with Gasteiger partial charge in [0.1, 0.15) is 12.7 Å². The summed E-state index contributed by atoms with van der Waals surface area (Å²) >= 11 is 0. The Bertz CT molecular complexity index is 636. The highest BCUT2D eigenvalue weighted by molar-refractivity contribution is 14.0. The highest BCUT2D eigenvalue weighted by atomic mass is 127. The van der Waals surface area contributed by atoms with Gasteiger partial charge in [0.25, 0.3) is 0 Å². The molecule has 0 aliphatic carbocycles. The van der Waals surface area contributed by atoms with Gasteiger partial charge in [-0.3, -0.25) is 14.4 Å². The topological polar surface area (TPSA) is 76.2 Å². The summed E-state index contributed by atoms with van der Waals surface area (Å²) in [4.78, 5) is 11.0. The van der Waals surface area contributed by atoms with Crippen LogP contribution < -0.4 is 5.32 Å². The molecule has 0 saturated carbocycles. The van der Waals surface area contributed by atoms with Crippen LogP contribution >= 0.6 is 24.0 Å². The van der Waals surface area contributed by atoms with Crippen molar-refractivity contribution in [2.45, 2.75) is 25.8 Å². The molecule has 0 bridgehead atoms. The molecule has 2 aromatic rings. The maximum absolute atomic E-state index is 4.73. The number of aryl methyl sites for hydroxylation is 1. The fourth-order valence-corrected chi connectivity index (χ4v) is 2.91. The molecule has 132 valence electrons. The van der Waals surface area contributed by atoms with E-state index < -0.39 is 0 Å². The van der Waals surface area contributed by atoms with E-state index in [-0.39, 0.29) is 24.0 Å². The van der Waals surface area contributed by atoms with Crippen LogP contribution in [0.3, 0.4) is 0 Å². The molecule has 24 heavy (non-hydrogen) atoms. The zero-order valence-corrected chi connectivity index (χ0v) is 16.5. The maximum atomic E-state index is 4.73. The normalized spacial score (nSPS) is 17.8. The average molecular weight is 444 g/mol. The minimum absolute atomic E-state index is 0. The molecule has 8 nitrogen and oxygen atoms in total. The quantitative estimate of drug-likeness (QED) is 0.425. The molecule has 0 radical (unpaired) electrons. The van der Waals surface area contributed by atoms with Crippen LogP contribution in [0.5, 0.6) is 0 Å². The van der Waals surface area contributed by atoms with Gasteiger partial charge in [0.2, 0.25) is 0 Å². The van der Waals surface area contributed by atoms with E-state index in [0.717, 1.165) is 38.6 Å². The van der Waals surface area contributed by atoms with Crippen LogP contribution in [0.4, 0.5) is 0 Å². The lowest BCUT2D eigenvalue weighted by Crippen LogP contribution is -2.40. The Balaban J connectivity index is 0.00000208. The van der Waals surface area contributed by atoms with Gasteiger partial charge >= 0.3 is 0 Å². The minimum atomic E-state index is 0. The van der Waals surface area contributed by atoms with Crippen molar-refractivity contribution in [2.24, 2.45) is 12.0 Å². The first-order valence-electron chi connectivity index (χ1n) is 8.10. The Hall–Kier alpha value is -1.65. The highest BCUT2D eigenvalue weighted by Crippen LogP contribution is 2.26. The molecule has 1 aliphatic heterocycles. The van der Waals surface area contributed by atoms with Crippen molar-refractivity contribution in [3.63, 3.8) is 0 Å². The highest BCUT2D eigenvalue weighted by Gasteiger charge is 2.26. The summed E-state index contributed by atoms with van der Waals surface area (Å²) in [6, 6.07) is 0. The van der Waals surface area contributed by atoms with Crippen LogP contribution in [-0.2, 0) is 13.6 Å². The van der Waals surface area contributed by atoms with Crippen LogP contribution in [0.2, 0.25) is 0 Å². The van der Waals surface area contributed by atoms with Gasteiger partial charge in [-0.1, -0.05) is 0 Å². The molecule has 0 spiro atoms. The number of aliphatic imine (C=N–C) groups is 1. The molecule has 1 saturated heterocycles. The molecule has 9 heteroatoms. The van der Waals surface area contributed by atoms with Gasteiger partial charge in [0.15, 0.2) is 5.96 Å². The van der Waals surface area contributed by atoms with Crippen molar-refractivity contribution >= 4 is 29.9 Å². The Morgan fingerprint density at radius 2 is 2.29 bits per heavy atom. The Labute approximate surface area is 159 Å². The van der Waals surface area contributed by atoms with Crippen molar-refractivity contribution < 1.29 is 0 Å². The van der Waals surface area contributed by atoms with Crippen molar-refractivity contribution in [2.75, 3.05) is 26.2 Å². The number of hydrogen-bond donors (Lipinski definition) is 1. The predicted molar refractivity (Wildman–Crippen MR) is 104 cm³/mol. The Morgan fingerprint density at radius 3 is 2.96 bits per heavy atom. The third-order valence-corrected chi connectivity index (χ3v) is 4.08. The van der Waals surface area contributed by atoms with Crippen LogP contribution in [0.1, 0.15) is 24.8 Å². The average Bonchev–Trinajstić information content (AvgIpc) is 3.27. The standard InChI is InChI=1S/C15H24N8.HI/c1-3-17-15(18-5-7-23-12-16-11-20-23)22-6-4-13(10-22)14-8-19-21(2)9-14;/h8-9,11-13H,3-7,10H2,1-2H3,(H,17,18);1H. The lowest BCUT2D eigenvalue weighted by Gasteiger charge is -2.21. The second kappa shape index (κ2) is 9.00. The third-order valence-electron chi connectivity index (χ3n) is 4.08. The largest absolute Gasteiger partial charge is 0.357 e. The molecule has 1 unspecified atom stereocenters. The van der Waals surface area contributed by atoms with E-state index in [9.17, 15) is 0 Å². The number of likely N-dealkylation sites (tertiary alicyclic amines) is 1. The zero-order chi connectivity index (χ0) is 16.1. The van der Waals surface area contributed by atoms with Crippen LogP contribution in [-0.4, -0.2) is 61.6 Å². The number of hydrogen-bond acceptors (Lipinski definition) is 4. The lowest BCUT2D eigenvalue weighted by atomic mass is 10.0. The molecule has 1 atom stereocenters. The fraction of sp³-hybridized carbons (Fsp3) is 0.600. The number of nitrogens with zero attached hydrogens (tertiary/aromatic N) is 7. The molecular formula is C15H25IN8. The molecule has 1 N–H and O–H groups in total. The molecular weight excluding hydrogens is 419 g/mol. The van der Waals surface area contributed by atoms with E-state index in [1.165, 1.54) is 5.56 Å². The monoisotopic (exact) mass is 444 g/mol. The summed E-state index contributed by atoms with van der Waals surface area (Å²) in [7, 11) is 1.96. The molecule has 0 aromatic carbocycles. The summed E-state index contributed by atoms with van der Waals surface area (Å²) in [6.07, 6.45) is 8.50. The smallest absolute Gasteiger partial charge is 0.193 e. The summed E-state index contributed by atoms with van der Waals surface area (Å²) < 4.78 is 3.67. The van der Waals surface area contributed by atoms with E-state index >= 15 is 0 Å². The summed E-state index contributed by atoms with van der Waals surface area (Å²) in [5.41, 5.74) is 1.31. The maximum Gasteiger partial charge on any atom is 0.193 e. The first-order chi connectivity index (χ1) is 11.3. The van der Waals surface area contributed by atoms with E-state index in [2.05, 4.69) is 38.5 Å². The van der Waals surface area contributed by atoms with Gasteiger partial charge in [-0.15, -0.1) is 24.0 Å². The van der Waals surface area contributed by atoms with E-state index in [1.54, 1.807) is 17.3 Å². The van der Waals surface area contributed by atoms with Crippen molar-refractivity contribution in [1.29, 1.82) is 0 Å². The minimum Gasteiger partial charge on any atom is -0.357 e. The van der Waals surface area contributed by atoms with Crippen molar-refractivity contribution in [1.82, 2.24) is 34.8 Å². The molecule has 0 amide bonds. The molecule has 3 rings (SSSR count). The number of halogens is 1. The van der Waals surface area contributed by atoms with Gasteiger partial charge < -0.3 is 10.2 Å². The third kappa shape index (κ3) is 4.68. The number of nitrogens with one attached hydrogen (secondary N) is 1. The van der Waals surface area contributed by atoms with Crippen molar-refractivity contribution in [3.05, 3.63) is 30.6 Å². The van der Waals surface area contributed by atoms with Gasteiger partial charge in [-0.2, -0.15) is 10.2 Å².